The van der Waals surface area contributed by atoms with Crippen molar-refractivity contribution >= 4 is 33.3 Å². The molecule has 0 bridgehead atoms. The average molecular weight is 295 g/mol. The smallest absolute Gasteiger partial charge is 0.173 e. The molecule has 88 valence electrons. The molecule has 0 aliphatic heterocycles. The summed E-state index contributed by atoms with van der Waals surface area (Å²) in [6, 6.07) is 5.61. The molecule has 0 saturated heterocycles. The second-order valence-corrected chi connectivity index (χ2v) is 4.21. The van der Waals surface area contributed by atoms with Crippen LogP contribution >= 0.6 is 15.9 Å². The number of halogens is 1. The summed E-state index contributed by atoms with van der Waals surface area (Å²) in [4.78, 5) is 8.05. The number of methoxy groups -OCH3 is 1. The lowest BCUT2D eigenvalue weighted by Gasteiger charge is -2.09. The van der Waals surface area contributed by atoms with E-state index in [0.717, 1.165) is 15.9 Å². The monoisotopic (exact) mass is 294 g/mol. The third-order valence-electron chi connectivity index (χ3n) is 2.10. The Labute approximate surface area is 107 Å². The van der Waals surface area contributed by atoms with Crippen LogP contribution in [-0.2, 0) is 0 Å². The molecular formula is C11H11BrN4O. The summed E-state index contributed by atoms with van der Waals surface area (Å²) >= 11 is 3.40. The molecular weight excluding hydrogens is 284 g/mol. The number of nitrogen functional groups attached to an aromatic ring is 1. The molecule has 0 fully saturated rings. The Balaban J connectivity index is 2.30. The van der Waals surface area contributed by atoms with E-state index in [1.165, 1.54) is 0 Å². The Hall–Kier alpha value is -1.82. The largest absolute Gasteiger partial charge is 0.497 e. The van der Waals surface area contributed by atoms with Gasteiger partial charge in [0.2, 0.25) is 0 Å². The van der Waals surface area contributed by atoms with Crippen LogP contribution in [0.4, 0.5) is 17.3 Å². The van der Waals surface area contributed by atoms with E-state index < -0.39 is 0 Å². The first-order chi connectivity index (χ1) is 8.19. The molecule has 2 rings (SSSR count). The number of rotatable bonds is 3. The van der Waals surface area contributed by atoms with E-state index in [1.54, 1.807) is 19.5 Å². The van der Waals surface area contributed by atoms with Crippen LogP contribution in [0.3, 0.4) is 0 Å². The van der Waals surface area contributed by atoms with E-state index >= 15 is 0 Å². The molecule has 17 heavy (non-hydrogen) atoms. The van der Waals surface area contributed by atoms with Crippen LogP contribution in [0.25, 0.3) is 0 Å². The van der Waals surface area contributed by atoms with Gasteiger partial charge in [-0.3, -0.25) is 0 Å². The number of benzene rings is 1. The van der Waals surface area contributed by atoms with Gasteiger partial charge in [0.15, 0.2) is 11.6 Å². The van der Waals surface area contributed by atoms with E-state index in [1.807, 2.05) is 18.2 Å². The molecule has 1 aromatic heterocycles. The van der Waals surface area contributed by atoms with Crippen LogP contribution in [0.5, 0.6) is 5.75 Å². The van der Waals surface area contributed by atoms with Crippen LogP contribution in [0.2, 0.25) is 0 Å². The highest BCUT2D eigenvalue weighted by molar-refractivity contribution is 9.10. The van der Waals surface area contributed by atoms with Gasteiger partial charge in [0, 0.05) is 28.6 Å². The molecule has 0 atom stereocenters. The second kappa shape index (κ2) is 5.01. The van der Waals surface area contributed by atoms with Crippen molar-refractivity contribution in [1.82, 2.24) is 9.97 Å². The molecule has 0 aliphatic carbocycles. The van der Waals surface area contributed by atoms with Crippen LogP contribution in [0.15, 0.2) is 35.1 Å². The minimum Gasteiger partial charge on any atom is -0.497 e. The molecule has 6 heteroatoms. The van der Waals surface area contributed by atoms with Crippen LogP contribution in [0, 0.1) is 0 Å². The van der Waals surface area contributed by atoms with Gasteiger partial charge in [-0.1, -0.05) is 15.9 Å². The summed E-state index contributed by atoms with van der Waals surface area (Å²) in [5, 5.41) is 3.08. The van der Waals surface area contributed by atoms with Crippen molar-refractivity contribution in [2.24, 2.45) is 0 Å². The summed E-state index contributed by atoms with van der Waals surface area (Å²) < 4.78 is 6.07. The van der Waals surface area contributed by atoms with Crippen LogP contribution < -0.4 is 15.8 Å². The number of ether oxygens (including phenoxy) is 1. The molecule has 1 aromatic carbocycles. The molecule has 0 amide bonds. The van der Waals surface area contributed by atoms with E-state index in [0.29, 0.717) is 11.6 Å². The van der Waals surface area contributed by atoms with Gasteiger partial charge in [-0.05, 0) is 12.1 Å². The highest BCUT2D eigenvalue weighted by Gasteiger charge is 2.04. The standard InChI is InChI=1S/C11H11BrN4O/c1-17-9-5-7(12)4-8(6-9)16-11-10(13)14-2-3-15-11/h2-6H,1H3,(H2,13,14)(H,15,16). The number of nitrogens with two attached hydrogens (primary N) is 1. The van der Waals surface area contributed by atoms with Gasteiger partial charge in [-0.25, -0.2) is 9.97 Å². The highest BCUT2D eigenvalue weighted by Crippen LogP contribution is 2.27. The SMILES string of the molecule is COc1cc(Br)cc(Nc2nccnc2N)c1. The van der Waals surface area contributed by atoms with Crippen LogP contribution in [0.1, 0.15) is 0 Å². The number of nitrogens with zero attached hydrogens (tertiary/aromatic N) is 2. The van der Waals surface area contributed by atoms with Crippen molar-refractivity contribution in [2.75, 3.05) is 18.2 Å². The maximum absolute atomic E-state index is 5.70. The summed E-state index contributed by atoms with van der Waals surface area (Å²) in [5.41, 5.74) is 6.52. The van der Waals surface area contributed by atoms with Gasteiger partial charge in [0.05, 0.1) is 7.11 Å². The van der Waals surface area contributed by atoms with Crippen molar-refractivity contribution in [3.63, 3.8) is 0 Å². The van der Waals surface area contributed by atoms with Crippen molar-refractivity contribution in [3.05, 3.63) is 35.1 Å². The van der Waals surface area contributed by atoms with Gasteiger partial charge in [-0.15, -0.1) is 0 Å². The summed E-state index contributed by atoms with van der Waals surface area (Å²) in [6.07, 6.45) is 3.12. The van der Waals surface area contributed by atoms with Gasteiger partial charge in [0.25, 0.3) is 0 Å². The first kappa shape index (κ1) is 11.7. The van der Waals surface area contributed by atoms with E-state index in [4.69, 9.17) is 10.5 Å². The Kier molecular flexibility index (Phi) is 3.43. The number of hydrogen-bond donors (Lipinski definition) is 2. The number of aromatic nitrogens is 2. The average Bonchev–Trinajstić information content (AvgIpc) is 2.31. The van der Waals surface area contributed by atoms with Crippen molar-refractivity contribution in [1.29, 1.82) is 0 Å². The Bertz CT molecular complexity index is 533. The normalized spacial score (nSPS) is 10.0. The molecule has 0 unspecified atom stereocenters. The first-order valence-corrected chi connectivity index (χ1v) is 5.66. The predicted molar refractivity (Wildman–Crippen MR) is 70.4 cm³/mol. The third-order valence-corrected chi connectivity index (χ3v) is 2.55. The molecule has 0 radical (unpaired) electrons. The zero-order valence-electron chi connectivity index (χ0n) is 9.14. The van der Waals surface area contributed by atoms with Gasteiger partial charge in [0.1, 0.15) is 5.75 Å². The lowest BCUT2D eigenvalue weighted by molar-refractivity contribution is 0.415. The summed E-state index contributed by atoms with van der Waals surface area (Å²) in [6.45, 7) is 0. The predicted octanol–water partition coefficient (Wildman–Crippen LogP) is 2.57. The zero-order valence-corrected chi connectivity index (χ0v) is 10.7. The second-order valence-electron chi connectivity index (χ2n) is 3.29. The van der Waals surface area contributed by atoms with Crippen molar-refractivity contribution < 1.29 is 4.74 Å². The quantitative estimate of drug-likeness (QED) is 0.910. The minimum absolute atomic E-state index is 0.353. The fourth-order valence-corrected chi connectivity index (χ4v) is 1.81. The summed E-state index contributed by atoms with van der Waals surface area (Å²) in [5.74, 6) is 1.61. The third kappa shape index (κ3) is 2.85. The fraction of sp³-hybridized carbons (Fsp3) is 0.0909. The molecule has 3 N–H and O–H groups in total. The fourth-order valence-electron chi connectivity index (χ4n) is 1.33. The van der Waals surface area contributed by atoms with Crippen LogP contribution in [-0.4, -0.2) is 17.1 Å². The zero-order chi connectivity index (χ0) is 12.3. The van der Waals surface area contributed by atoms with Crippen molar-refractivity contribution in [3.8, 4) is 5.75 Å². The van der Waals surface area contributed by atoms with Crippen molar-refractivity contribution in [2.45, 2.75) is 0 Å². The van der Waals surface area contributed by atoms with E-state index in [2.05, 4.69) is 31.2 Å². The lowest BCUT2D eigenvalue weighted by Crippen LogP contribution is -2.01. The Morgan fingerprint density at radius 2 is 2.00 bits per heavy atom. The molecule has 0 spiro atoms. The molecule has 1 heterocycles. The Morgan fingerprint density at radius 1 is 1.24 bits per heavy atom. The number of hydrogen-bond acceptors (Lipinski definition) is 5. The lowest BCUT2D eigenvalue weighted by atomic mass is 10.3. The highest BCUT2D eigenvalue weighted by atomic mass is 79.9. The van der Waals surface area contributed by atoms with E-state index in [-0.39, 0.29) is 0 Å². The number of anilines is 3. The maximum atomic E-state index is 5.70. The Morgan fingerprint density at radius 3 is 2.71 bits per heavy atom. The molecule has 5 nitrogen and oxygen atoms in total. The summed E-state index contributed by atoms with van der Waals surface area (Å²) in [7, 11) is 1.61. The molecule has 0 aliphatic rings. The molecule has 0 saturated carbocycles. The van der Waals surface area contributed by atoms with Gasteiger partial charge < -0.3 is 15.8 Å². The minimum atomic E-state index is 0.353. The van der Waals surface area contributed by atoms with E-state index in [9.17, 15) is 0 Å². The number of nitrogens with one attached hydrogen (secondary N) is 1. The molecule has 2 aromatic rings. The topological polar surface area (TPSA) is 73.1 Å². The maximum Gasteiger partial charge on any atom is 0.173 e. The van der Waals surface area contributed by atoms with Gasteiger partial charge in [-0.2, -0.15) is 0 Å². The first-order valence-electron chi connectivity index (χ1n) is 4.87. The van der Waals surface area contributed by atoms with Gasteiger partial charge >= 0.3 is 0 Å².